The van der Waals surface area contributed by atoms with Crippen LogP contribution in [0.25, 0.3) is 0 Å². The van der Waals surface area contributed by atoms with Gasteiger partial charge in [-0.05, 0) is 19.1 Å². The van der Waals surface area contributed by atoms with E-state index in [-0.39, 0.29) is 6.10 Å². The Morgan fingerprint density at radius 2 is 2.18 bits per heavy atom. The fourth-order valence-electron chi connectivity index (χ4n) is 2.23. The van der Waals surface area contributed by atoms with E-state index in [0.717, 1.165) is 22.2 Å². The summed E-state index contributed by atoms with van der Waals surface area (Å²) in [6.07, 6.45) is 1.16. The van der Waals surface area contributed by atoms with Crippen LogP contribution >= 0.6 is 27.5 Å². The molecule has 0 bridgehead atoms. The molecule has 1 aliphatic heterocycles. The first-order valence-electron chi connectivity index (χ1n) is 5.89. The summed E-state index contributed by atoms with van der Waals surface area (Å²) in [6.45, 7) is 6.38. The molecule has 1 aromatic carbocycles. The van der Waals surface area contributed by atoms with Crippen LogP contribution in [0.2, 0.25) is 5.02 Å². The van der Waals surface area contributed by atoms with Crippen molar-refractivity contribution < 1.29 is 4.74 Å². The van der Waals surface area contributed by atoms with E-state index in [1.54, 1.807) is 0 Å². The minimum Gasteiger partial charge on any atom is -0.489 e. The van der Waals surface area contributed by atoms with Crippen molar-refractivity contribution >= 4 is 27.5 Å². The zero-order valence-electron chi connectivity index (χ0n) is 10.3. The van der Waals surface area contributed by atoms with Gasteiger partial charge in [-0.3, -0.25) is 0 Å². The largest absolute Gasteiger partial charge is 0.489 e. The second kappa shape index (κ2) is 5.17. The summed E-state index contributed by atoms with van der Waals surface area (Å²) in [5, 5.41) is 4.24. The molecule has 1 heterocycles. The van der Waals surface area contributed by atoms with Crippen LogP contribution in [0.1, 0.15) is 38.8 Å². The number of benzene rings is 1. The van der Waals surface area contributed by atoms with E-state index in [4.69, 9.17) is 16.3 Å². The molecule has 2 atom stereocenters. The van der Waals surface area contributed by atoms with Gasteiger partial charge in [0.05, 0.1) is 11.1 Å². The van der Waals surface area contributed by atoms with Crippen LogP contribution in [0.5, 0.6) is 5.75 Å². The Bertz CT molecular complexity index is 422. The van der Waals surface area contributed by atoms with Crippen LogP contribution in [0.4, 0.5) is 0 Å². The van der Waals surface area contributed by atoms with Gasteiger partial charge < -0.3 is 10.1 Å². The number of hydrogen-bond acceptors (Lipinski definition) is 2. The Kier molecular flexibility index (Phi) is 4.01. The molecule has 94 valence electrons. The number of fused-ring (bicyclic) bond motifs is 1. The van der Waals surface area contributed by atoms with Crippen LogP contribution in [0.3, 0.4) is 0 Å². The van der Waals surface area contributed by atoms with E-state index in [1.165, 1.54) is 0 Å². The minimum atomic E-state index is 0.192. The van der Waals surface area contributed by atoms with Crippen LogP contribution < -0.4 is 10.1 Å². The first-order valence-corrected chi connectivity index (χ1v) is 7.06. The van der Waals surface area contributed by atoms with Crippen molar-refractivity contribution in [2.75, 3.05) is 0 Å². The molecule has 0 amide bonds. The molecule has 4 heteroatoms. The molecule has 1 aromatic rings. The number of halogens is 2. The summed E-state index contributed by atoms with van der Waals surface area (Å²) in [4.78, 5) is 0. The monoisotopic (exact) mass is 317 g/mol. The van der Waals surface area contributed by atoms with Crippen molar-refractivity contribution in [1.82, 2.24) is 5.32 Å². The quantitative estimate of drug-likeness (QED) is 0.877. The Morgan fingerprint density at radius 3 is 2.82 bits per heavy atom. The lowest BCUT2D eigenvalue weighted by Crippen LogP contribution is -2.35. The van der Waals surface area contributed by atoms with Crippen molar-refractivity contribution in [3.8, 4) is 5.75 Å². The third kappa shape index (κ3) is 2.95. The molecule has 17 heavy (non-hydrogen) atoms. The molecular formula is C13H17BrClNO. The molecule has 0 fully saturated rings. The molecule has 1 aliphatic rings. The molecule has 0 saturated carbocycles. The highest BCUT2D eigenvalue weighted by molar-refractivity contribution is 9.10. The maximum atomic E-state index is 6.23. The third-order valence-corrected chi connectivity index (χ3v) is 3.57. The standard InChI is InChI=1S/C13H17BrClNO/c1-7(2)16-12-4-8(3)17-13-10(12)5-9(14)6-11(13)15/h5-8,12,16H,4H2,1-3H3. The molecule has 0 aromatic heterocycles. The number of hydrogen-bond donors (Lipinski definition) is 1. The second-order valence-corrected chi connectivity index (χ2v) is 6.17. The summed E-state index contributed by atoms with van der Waals surface area (Å²) in [5.41, 5.74) is 1.15. The first-order chi connectivity index (χ1) is 7.97. The summed E-state index contributed by atoms with van der Waals surface area (Å²) in [7, 11) is 0. The zero-order valence-corrected chi connectivity index (χ0v) is 12.6. The van der Waals surface area contributed by atoms with Gasteiger partial charge in [0.2, 0.25) is 0 Å². The highest BCUT2D eigenvalue weighted by atomic mass is 79.9. The van der Waals surface area contributed by atoms with E-state index in [2.05, 4.69) is 48.1 Å². The smallest absolute Gasteiger partial charge is 0.143 e. The number of ether oxygens (including phenoxy) is 1. The molecule has 0 spiro atoms. The van der Waals surface area contributed by atoms with Gasteiger partial charge >= 0.3 is 0 Å². The van der Waals surface area contributed by atoms with Crippen LogP contribution in [-0.2, 0) is 0 Å². The van der Waals surface area contributed by atoms with Crippen molar-refractivity contribution in [2.45, 2.75) is 45.4 Å². The predicted octanol–water partition coefficient (Wildman–Crippen LogP) is 4.31. The number of nitrogens with one attached hydrogen (secondary N) is 1. The van der Waals surface area contributed by atoms with Crippen molar-refractivity contribution in [2.24, 2.45) is 0 Å². The molecular weight excluding hydrogens is 302 g/mol. The average molecular weight is 319 g/mol. The third-order valence-electron chi connectivity index (χ3n) is 2.83. The van der Waals surface area contributed by atoms with Crippen molar-refractivity contribution in [3.63, 3.8) is 0 Å². The lowest BCUT2D eigenvalue weighted by atomic mass is 9.96. The first kappa shape index (κ1) is 13.2. The lowest BCUT2D eigenvalue weighted by molar-refractivity contribution is 0.163. The second-order valence-electron chi connectivity index (χ2n) is 4.84. The van der Waals surface area contributed by atoms with Crippen molar-refractivity contribution in [3.05, 3.63) is 27.2 Å². The topological polar surface area (TPSA) is 21.3 Å². The number of rotatable bonds is 2. The maximum absolute atomic E-state index is 6.23. The van der Waals surface area contributed by atoms with E-state index < -0.39 is 0 Å². The Morgan fingerprint density at radius 1 is 1.47 bits per heavy atom. The van der Waals surface area contributed by atoms with Gasteiger partial charge in [0, 0.05) is 28.5 Å². The summed E-state index contributed by atoms with van der Waals surface area (Å²) < 4.78 is 6.83. The molecule has 2 nitrogen and oxygen atoms in total. The maximum Gasteiger partial charge on any atom is 0.143 e. The minimum absolute atomic E-state index is 0.192. The molecule has 2 rings (SSSR count). The van der Waals surface area contributed by atoms with E-state index in [1.807, 2.05) is 6.07 Å². The van der Waals surface area contributed by atoms with Crippen LogP contribution in [0.15, 0.2) is 16.6 Å². The molecule has 2 unspecified atom stereocenters. The Hall–Kier alpha value is -0.250. The summed E-state index contributed by atoms with van der Waals surface area (Å²) in [5.74, 6) is 0.826. The highest BCUT2D eigenvalue weighted by Gasteiger charge is 2.28. The molecule has 0 radical (unpaired) electrons. The van der Waals surface area contributed by atoms with E-state index in [9.17, 15) is 0 Å². The van der Waals surface area contributed by atoms with Gasteiger partial charge in [0.25, 0.3) is 0 Å². The lowest BCUT2D eigenvalue weighted by Gasteiger charge is -2.33. The highest BCUT2D eigenvalue weighted by Crippen LogP contribution is 2.41. The summed E-state index contributed by atoms with van der Waals surface area (Å²) >= 11 is 9.71. The molecule has 0 saturated heterocycles. The normalized spacial score (nSPS) is 23.4. The van der Waals surface area contributed by atoms with Gasteiger partial charge in [-0.25, -0.2) is 0 Å². The fourth-order valence-corrected chi connectivity index (χ4v) is 3.11. The van der Waals surface area contributed by atoms with Crippen molar-refractivity contribution in [1.29, 1.82) is 0 Å². The van der Waals surface area contributed by atoms with Gasteiger partial charge in [0.15, 0.2) is 0 Å². The van der Waals surface area contributed by atoms with Gasteiger partial charge in [-0.15, -0.1) is 0 Å². The average Bonchev–Trinajstić information content (AvgIpc) is 2.19. The van der Waals surface area contributed by atoms with E-state index in [0.29, 0.717) is 17.1 Å². The van der Waals surface area contributed by atoms with Gasteiger partial charge in [-0.1, -0.05) is 41.4 Å². The van der Waals surface area contributed by atoms with Gasteiger partial charge in [-0.2, -0.15) is 0 Å². The Balaban J connectivity index is 2.41. The Labute approximate surface area is 116 Å². The molecule has 1 N–H and O–H groups in total. The summed E-state index contributed by atoms with van der Waals surface area (Å²) in [6, 6.07) is 4.72. The van der Waals surface area contributed by atoms with E-state index >= 15 is 0 Å². The van der Waals surface area contributed by atoms with Crippen LogP contribution in [-0.4, -0.2) is 12.1 Å². The SMILES string of the molecule is CC(C)NC1CC(C)Oc2c(Cl)cc(Br)cc21. The predicted molar refractivity (Wildman–Crippen MR) is 74.9 cm³/mol. The van der Waals surface area contributed by atoms with Gasteiger partial charge in [0.1, 0.15) is 5.75 Å². The fraction of sp³-hybridized carbons (Fsp3) is 0.538. The zero-order chi connectivity index (χ0) is 12.6. The molecule has 0 aliphatic carbocycles. The van der Waals surface area contributed by atoms with Crippen LogP contribution in [0, 0.1) is 0 Å².